The van der Waals surface area contributed by atoms with E-state index in [0.29, 0.717) is 24.7 Å². The fourth-order valence-corrected chi connectivity index (χ4v) is 4.80. The average molecular weight is 425 g/mol. The number of hydrogen-bond acceptors (Lipinski definition) is 3. The number of piperidine rings is 2. The van der Waals surface area contributed by atoms with Crippen molar-refractivity contribution in [2.45, 2.75) is 32.1 Å². The molecule has 8 heteroatoms. The summed E-state index contributed by atoms with van der Waals surface area (Å²) in [5.41, 5.74) is 0.692. The summed E-state index contributed by atoms with van der Waals surface area (Å²) in [6, 6.07) is 5.49. The minimum Gasteiger partial charge on any atom is -0.342 e. The zero-order chi connectivity index (χ0) is 19.6. The van der Waals surface area contributed by atoms with Gasteiger partial charge in [-0.25, -0.2) is 9.18 Å². The third kappa shape index (κ3) is 5.20. The normalized spacial score (nSPS) is 25.1. The van der Waals surface area contributed by atoms with Gasteiger partial charge in [-0.3, -0.25) is 4.79 Å². The summed E-state index contributed by atoms with van der Waals surface area (Å²) in [4.78, 5) is 27.0. The largest absolute Gasteiger partial charge is 0.342 e. The van der Waals surface area contributed by atoms with Gasteiger partial charge in [0.2, 0.25) is 5.91 Å². The molecule has 2 unspecified atom stereocenters. The van der Waals surface area contributed by atoms with Gasteiger partial charge in [0.25, 0.3) is 0 Å². The predicted octanol–water partition coefficient (Wildman–Crippen LogP) is 3.00. The van der Waals surface area contributed by atoms with Crippen molar-refractivity contribution in [3.05, 3.63) is 30.1 Å². The predicted molar refractivity (Wildman–Crippen MR) is 113 cm³/mol. The van der Waals surface area contributed by atoms with E-state index < -0.39 is 0 Å². The van der Waals surface area contributed by atoms with Gasteiger partial charge < -0.3 is 20.9 Å². The van der Waals surface area contributed by atoms with Gasteiger partial charge in [0.15, 0.2) is 0 Å². The quantitative estimate of drug-likeness (QED) is 0.695. The van der Waals surface area contributed by atoms with Crippen molar-refractivity contribution >= 4 is 30.0 Å². The monoisotopic (exact) mass is 424 g/mol. The molecule has 2 saturated heterocycles. The Morgan fingerprint density at radius 1 is 1.28 bits per heavy atom. The van der Waals surface area contributed by atoms with Crippen LogP contribution < -0.4 is 16.0 Å². The van der Waals surface area contributed by atoms with Crippen LogP contribution >= 0.6 is 12.4 Å². The van der Waals surface area contributed by atoms with Gasteiger partial charge in [0, 0.05) is 31.2 Å². The zero-order valence-corrected chi connectivity index (χ0v) is 17.4. The first-order valence-electron chi connectivity index (χ1n) is 10.4. The summed E-state index contributed by atoms with van der Waals surface area (Å²) in [6.45, 7) is 4.11. The molecular weight excluding hydrogens is 395 g/mol. The molecule has 0 radical (unpaired) electrons. The summed E-state index contributed by atoms with van der Waals surface area (Å²) in [6.07, 6.45) is 5.25. The first-order valence-corrected chi connectivity index (χ1v) is 10.4. The Balaban J connectivity index is 0.00000240. The maximum Gasteiger partial charge on any atom is 0.319 e. The molecule has 2 atom stereocenters. The van der Waals surface area contributed by atoms with Gasteiger partial charge in [-0.1, -0.05) is 6.07 Å². The summed E-state index contributed by atoms with van der Waals surface area (Å²) >= 11 is 0. The number of amides is 3. The van der Waals surface area contributed by atoms with Gasteiger partial charge in [-0.2, -0.15) is 0 Å². The standard InChI is InChI=1S/C21H29FN4O2.ClH/c22-16-4-1-5-17(11-16)25-20(28)24-13-15-3-2-10-26(14-15)19(27)18-12-21(18)6-8-23-9-7-21;/h1,4-5,11,15,18,23H,2-3,6-10,12-14H2,(H2,24,25,28);1H. The molecule has 0 aromatic heterocycles. The van der Waals surface area contributed by atoms with Gasteiger partial charge in [0.1, 0.15) is 5.82 Å². The van der Waals surface area contributed by atoms with E-state index in [0.717, 1.165) is 51.7 Å². The van der Waals surface area contributed by atoms with Crippen molar-refractivity contribution < 1.29 is 14.0 Å². The Morgan fingerprint density at radius 2 is 2.07 bits per heavy atom. The lowest BCUT2D eigenvalue weighted by Gasteiger charge is -2.34. The SMILES string of the molecule is Cl.O=C(NCC1CCCN(C(=O)C2CC23CCNCC3)C1)Nc1cccc(F)c1. The lowest BCUT2D eigenvalue weighted by Crippen LogP contribution is -2.45. The molecular formula is C21H30ClFN4O2. The molecule has 0 bridgehead atoms. The van der Waals surface area contributed by atoms with Crippen LogP contribution in [0, 0.1) is 23.1 Å². The van der Waals surface area contributed by atoms with Crippen LogP contribution in [-0.2, 0) is 4.79 Å². The van der Waals surface area contributed by atoms with Crippen LogP contribution in [0.4, 0.5) is 14.9 Å². The molecule has 1 saturated carbocycles. The number of carbonyl (C=O) groups excluding carboxylic acids is 2. The topological polar surface area (TPSA) is 73.5 Å². The van der Waals surface area contributed by atoms with E-state index in [4.69, 9.17) is 0 Å². The van der Waals surface area contributed by atoms with Crippen molar-refractivity contribution in [3.8, 4) is 0 Å². The summed E-state index contributed by atoms with van der Waals surface area (Å²) in [5.74, 6) is 0.401. The number of likely N-dealkylation sites (tertiary alicyclic amines) is 1. The molecule has 2 heterocycles. The number of urea groups is 1. The van der Waals surface area contributed by atoms with E-state index in [1.807, 2.05) is 4.90 Å². The van der Waals surface area contributed by atoms with Crippen molar-refractivity contribution in [2.75, 3.05) is 38.0 Å². The molecule has 1 aromatic rings. The fraction of sp³-hybridized carbons (Fsp3) is 0.619. The maximum absolute atomic E-state index is 13.2. The van der Waals surface area contributed by atoms with Crippen LogP contribution in [0.25, 0.3) is 0 Å². The summed E-state index contributed by atoms with van der Waals surface area (Å²) in [5, 5.41) is 8.89. The highest BCUT2D eigenvalue weighted by Crippen LogP contribution is 2.59. The molecule has 1 aliphatic carbocycles. The number of anilines is 1. The second-order valence-electron chi connectivity index (χ2n) is 8.51. The van der Waals surface area contributed by atoms with Crippen molar-refractivity contribution in [3.63, 3.8) is 0 Å². The lowest BCUT2D eigenvalue weighted by atomic mass is 9.91. The lowest BCUT2D eigenvalue weighted by molar-refractivity contribution is -0.135. The summed E-state index contributed by atoms with van der Waals surface area (Å²) < 4.78 is 13.2. The molecule has 1 aromatic carbocycles. The molecule has 160 valence electrons. The Bertz CT molecular complexity index is 741. The average Bonchev–Trinajstić information content (AvgIpc) is 3.39. The first kappa shape index (κ1) is 21.8. The Kier molecular flexibility index (Phi) is 7.01. The Morgan fingerprint density at radius 3 is 2.83 bits per heavy atom. The van der Waals surface area contributed by atoms with Crippen LogP contribution in [0.1, 0.15) is 32.1 Å². The van der Waals surface area contributed by atoms with Crippen LogP contribution in [-0.4, -0.2) is 49.6 Å². The Hall–Kier alpha value is -1.86. The van der Waals surface area contributed by atoms with Crippen LogP contribution in [0.5, 0.6) is 0 Å². The number of carbonyl (C=O) groups is 2. The molecule has 1 spiro atoms. The molecule has 29 heavy (non-hydrogen) atoms. The van der Waals surface area contributed by atoms with E-state index in [-0.39, 0.29) is 41.5 Å². The highest BCUT2D eigenvalue weighted by atomic mass is 35.5. The second kappa shape index (κ2) is 9.30. The zero-order valence-electron chi connectivity index (χ0n) is 16.6. The number of benzene rings is 1. The van der Waals surface area contributed by atoms with Crippen LogP contribution in [0.15, 0.2) is 24.3 Å². The fourth-order valence-electron chi connectivity index (χ4n) is 4.80. The third-order valence-corrected chi connectivity index (χ3v) is 6.55. The smallest absolute Gasteiger partial charge is 0.319 e. The van der Waals surface area contributed by atoms with Crippen molar-refractivity contribution in [1.29, 1.82) is 0 Å². The number of nitrogens with zero attached hydrogens (tertiary/aromatic N) is 1. The van der Waals surface area contributed by atoms with Crippen molar-refractivity contribution in [1.82, 2.24) is 15.5 Å². The highest BCUT2D eigenvalue weighted by Gasteiger charge is 2.58. The van der Waals surface area contributed by atoms with Crippen molar-refractivity contribution in [2.24, 2.45) is 17.3 Å². The van der Waals surface area contributed by atoms with E-state index in [2.05, 4.69) is 16.0 Å². The highest BCUT2D eigenvalue weighted by molar-refractivity contribution is 5.89. The molecule has 3 aliphatic rings. The number of nitrogens with one attached hydrogen (secondary N) is 3. The van der Waals surface area contributed by atoms with Gasteiger partial charge in [-0.15, -0.1) is 12.4 Å². The first-order chi connectivity index (χ1) is 13.6. The number of hydrogen-bond donors (Lipinski definition) is 3. The number of halogens is 2. The van der Waals surface area contributed by atoms with Crippen LogP contribution in [0.2, 0.25) is 0 Å². The molecule has 4 rings (SSSR count). The Labute approximate surface area is 177 Å². The van der Waals surface area contributed by atoms with E-state index in [1.54, 1.807) is 12.1 Å². The third-order valence-electron chi connectivity index (χ3n) is 6.55. The molecule has 3 N–H and O–H groups in total. The maximum atomic E-state index is 13.2. The minimum atomic E-state index is -0.383. The van der Waals surface area contributed by atoms with Gasteiger partial charge in [0.05, 0.1) is 0 Å². The van der Waals surface area contributed by atoms with Gasteiger partial charge in [-0.05, 0) is 74.7 Å². The molecule has 2 aliphatic heterocycles. The molecule has 6 nitrogen and oxygen atoms in total. The molecule has 3 fully saturated rings. The summed E-state index contributed by atoms with van der Waals surface area (Å²) in [7, 11) is 0. The van der Waals surface area contributed by atoms with E-state index in [9.17, 15) is 14.0 Å². The van der Waals surface area contributed by atoms with E-state index in [1.165, 1.54) is 12.1 Å². The second-order valence-corrected chi connectivity index (χ2v) is 8.51. The minimum absolute atomic E-state index is 0. The van der Waals surface area contributed by atoms with E-state index >= 15 is 0 Å². The molecule has 3 amide bonds. The number of rotatable bonds is 4. The van der Waals surface area contributed by atoms with Crippen LogP contribution in [0.3, 0.4) is 0 Å². The van der Waals surface area contributed by atoms with Gasteiger partial charge >= 0.3 is 6.03 Å².